The van der Waals surface area contributed by atoms with E-state index in [9.17, 15) is 0 Å². The molecule has 154 valence electrons. The van der Waals surface area contributed by atoms with Crippen molar-refractivity contribution in [2.75, 3.05) is 26.2 Å². The summed E-state index contributed by atoms with van der Waals surface area (Å²) in [6.07, 6.45) is 5.06. The molecule has 29 heavy (non-hydrogen) atoms. The number of halogens is 2. The Morgan fingerprint density at radius 2 is 1.28 bits per heavy atom. The molecule has 3 heterocycles. The summed E-state index contributed by atoms with van der Waals surface area (Å²) >= 11 is 13.4. The van der Waals surface area contributed by atoms with Crippen LogP contribution in [0.5, 0.6) is 0 Å². The Balaban J connectivity index is 1.49. The predicted molar refractivity (Wildman–Crippen MR) is 121 cm³/mol. The van der Waals surface area contributed by atoms with Crippen LogP contribution in [0, 0.1) is 0 Å². The fourth-order valence-electron chi connectivity index (χ4n) is 5.83. The number of benzene rings is 2. The highest BCUT2D eigenvalue weighted by molar-refractivity contribution is 6.32. The molecule has 0 saturated carbocycles. The number of rotatable bonds is 4. The Morgan fingerprint density at radius 1 is 0.759 bits per heavy atom. The first-order valence-electron chi connectivity index (χ1n) is 10.9. The quantitative estimate of drug-likeness (QED) is 0.738. The highest BCUT2D eigenvalue weighted by Crippen LogP contribution is 2.47. The maximum absolute atomic E-state index is 6.72. The third-order valence-electron chi connectivity index (χ3n) is 7.13. The van der Waals surface area contributed by atoms with Crippen LogP contribution in [0.3, 0.4) is 0 Å². The van der Waals surface area contributed by atoms with Gasteiger partial charge in [0.05, 0.1) is 6.04 Å². The summed E-state index contributed by atoms with van der Waals surface area (Å²) in [7, 11) is 0. The van der Waals surface area contributed by atoms with Gasteiger partial charge < -0.3 is 5.32 Å². The van der Waals surface area contributed by atoms with Crippen LogP contribution in [0.1, 0.15) is 42.9 Å². The standard InChI is InChI=1S/C24H29Cl2N3/c25-22-7-3-1-5-20(22)24(21-6-2-4-8-23(21)26)29-17-9-10-18(29)16-19(15-17)28-13-11-27-12-14-28/h1-8,17-19,24,27H,9-16H2. The van der Waals surface area contributed by atoms with Crippen LogP contribution in [-0.4, -0.2) is 54.1 Å². The van der Waals surface area contributed by atoms with Gasteiger partial charge in [0.25, 0.3) is 0 Å². The van der Waals surface area contributed by atoms with Crippen LogP contribution in [0.25, 0.3) is 0 Å². The molecule has 3 fully saturated rings. The minimum Gasteiger partial charge on any atom is -0.314 e. The van der Waals surface area contributed by atoms with E-state index in [0.29, 0.717) is 18.1 Å². The van der Waals surface area contributed by atoms with Gasteiger partial charge in [0.15, 0.2) is 0 Å². The fraction of sp³-hybridized carbons (Fsp3) is 0.500. The van der Waals surface area contributed by atoms with Gasteiger partial charge in [0.2, 0.25) is 0 Å². The smallest absolute Gasteiger partial charge is 0.0636 e. The van der Waals surface area contributed by atoms with Crippen LogP contribution in [0.4, 0.5) is 0 Å². The third-order valence-corrected chi connectivity index (χ3v) is 7.82. The van der Waals surface area contributed by atoms with E-state index < -0.39 is 0 Å². The molecule has 3 aliphatic heterocycles. The molecule has 0 spiro atoms. The lowest BCUT2D eigenvalue weighted by Crippen LogP contribution is -2.55. The zero-order chi connectivity index (χ0) is 19.8. The minimum absolute atomic E-state index is 0.124. The molecule has 0 amide bonds. The van der Waals surface area contributed by atoms with E-state index in [-0.39, 0.29) is 6.04 Å². The zero-order valence-electron chi connectivity index (χ0n) is 16.7. The number of piperazine rings is 1. The highest BCUT2D eigenvalue weighted by Gasteiger charge is 2.46. The van der Waals surface area contributed by atoms with Crippen molar-refractivity contribution in [3.8, 4) is 0 Å². The number of hydrogen-bond donors (Lipinski definition) is 1. The summed E-state index contributed by atoms with van der Waals surface area (Å²) in [5.41, 5.74) is 2.36. The molecule has 2 aromatic rings. The van der Waals surface area contributed by atoms with Gasteiger partial charge in [-0.2, -0.15) is 0 Å². The second-order valence-electron chi connectivity index (χ2n) is 8.69. The zero-order valence-corrected chi connectivity index (χ0v) is 18.2. The van der Waals surface area contributed by atoms with Crippen LogP contribution >= 0.6 is 23.2 Å². The second-order valence-corrected chi connectivity index (χ2v) is 9.50. The van der Waals surface area contributed by atoms with E-state index >= 15 is 0 Å². The number of nitrogens with one attached hydrogen (secondary N) is 1. The molecule has 0 aliphatic carbocycles. The summed E-state index contributed by atoms with van der Waals surface area (Å²) in [5.74, 6) is 0. The second kappa shape index (κ2) is 8.56. The molecular weight excluding hydrogens is 401 g/mol. The Hall–Kier alpha value is -1.10. The lowest BCUT2D eigenvalue weighted by atomic mass is 9.89. The molecule has 1 N–H and O–H groups in total. The van der Waals surface area contributed by atoms with Crippen molar-refractivity contribution in [1.82, 2.24) is 15.1 Å². The van der Waals surface area contributed by atoms with Gasteiger partial charge in [-0.15, -0.1) is 0 Å². The Morgan fingerprint density at radius 3 is 1.79 bits per heavy atom. The Bertz CT molecular complexity index is 792. The van der Waals surface area contributed by atoms with E-state index in [1.807, 2.05) is 24.3 Å². The normalized spacial score (nSPS) is 28.2. The van der Waals surface area contributed by atoms with Crippen molar-refractivity contribution in [1.29, 1.82) is 0 Å². The number of hydrogen-bond acceptors (Lipinski definition) is 3. The molecule has 5 rings (SSSR count). The van der Waals surface area contributed by atoms with Crippen LogP contribution in [0.2, 0.25) is 10.0 Å². The third kappa shape index (κ3) is 3.84. The molecule has 3 saturated heterocycles. The molecule has 2 aromatic carbocycles. The Labute approximate surface area is 184 Å². The van der Waals surface area contributed by atoms with Gasteiger partial charge in [-0.1, -0.05) is 59.6 Å². The van der Waals surface area contributed by atoms with E-state index in [4.69, 9.17) is 23.2 Å². The van der Waals surface area contributed by atoms with Crippen molar-refractivity contribution in [3.63, 3.8) is 0 Å². The van der Waals surface area contributed by atoms with Gasteiger partial charge in [-0.3, -0.25) is 9.80 Å². The van der Waals surface area contributed by atoms with E-state index in [1.54, 1.807) is 0 Å². The first-order valence-corrected chi connectivity index (χ1v) is 11.7. The minimum atomic E-state index is 0.124. The summed E-state index contributed by atoms with van der Waals surface area (Å²) < 4.78 is 0. The van der Waals surface area contributed by atoms with E-state index in [1.165, 1.54) is 49.9 Å². The average molecular weight is 430 g/mol. The van der Waals surface area contributed by atoms with Gasteiger partial charge in [0.1, 0.15) is 0 Å². The van der Waals surface area contributed by atoms with E-state index in [0.717, 1.165) is 23.1 Å². The summed E-state index contributed by atoms with van der Waals surface area (Å²) in [6.45, 7) is 4.61. The molecule has 0 radical (unpaired) electrons. The molecular formula is C24H29Cl2N3. The molecule has 3 aliphatic rings. The van der Waals surface area contributed by atoms with E-state index in [2.05, 4.69) is 39.4 Å². The van der Waals surface area contributed by atoms with Crippen molar-refractivity contribution in [3.05, 3.63) is 69.7 Å². The maximum Gasteiger partial charge on any atom is 0.0636 e. The van der Waals surface area contributed by atoms with Crippen molar-refractivity contribution in [2.45, 2.75) is 49.9 Å². The van der Waals surface area contributed by atoms with Gasteiger partial charge in [-0.25, -0.2) is 0 Å². The molecule has 5 heteroatoms. The first kappa shape index (κ1) is 19.8. The van der Waals surface area contributed by atoms with Gasteiger partial charge >= 0.3 is 0 Å². The van der Waals surface area contributed by atoms with Crippen LogP contribution in [-0.2, 0) is 0 Å². The van der Waals surface area contributed by atoms with Crippen molar-refractivity contribution in [2.24, 2.45) is 0 Å². The number of piperidine rings is 1. The summed E-state index contributed by atoms with van der Waals surface area (Å²) in [6, 6.07) is 18.6. The van der Waals surface area contributed by atoms with Crippen LogP contribution < -0.4 is 5.32 Å². The predicted octanol–water partition coefficient (Wildman–Crippen LogP) is 4.98. The topological polar surface area (TPSA) is 18.5 Å². The fourth-order valence-corrected chi connectivity index (χ4v) is 6.31. The average Bonchev–Trinajstić information content (AvgIpc) is 3.00. The largest absolute Gasteiger partial charge is 0.314 e. The van der Waals surface area contributed by atoms with Gasteiger partial charge in [0, 0.05) is 54.3 Å². The number of fused-ring (bicyclic) bond motifs is 2. The highest BCUT2D eigenvalue weighted by atomic mass is 35.5. The lowest BCUT2D eigenvalue weighted by molar-refractivity contribution is 0.0351. The maximum atomic E-state index is 6.72. The molecule has 2 atom stereocenters. The summed E-state index contributed by atoms with van der Waals surface area (Å²) in [4.78, 5) is 5.47. The Kier molecular flexibility index (Phi) is 5.86. The monoisotopic (exact) mass is 429 g/mol. The van der Waals surface area contributed by atoms with Crippen molar-refractivity contribution >= 4 is 23.2 Å². The molecule has 2 unspecified atom stereocenters. The first-order chi connectivity index (χ1) is 14.2. The van der Waals surface area contributed by atoms with Gasteiger partial charge in [-0.05, 0) is 48.9 Å². The molecule has 0 aromatic heterocycles. The number of nitrogens with zero attached hydrogens (tertiary/aromatic N) is 2. The lowest BCUT2D eigenvalue weighted by Gasteiger charge is -2.47. The summed E-state index contributed by atoms with van der Waals surface area (Å²) in [5, 5.41) is 5.16. The molecule has 3 nitrogen and oxygen atoms in total. The van der Waals surface area contributed by atoms with Crippen LogP contribution in [0.15, 0.2) is 48.5 Å². The SMILES string of the molecule is Clc1ccccc1C(c1ccccc1Cl)N1C2CCC1CC(N1CCNCC1)C2. The molecule has 2 bridgehead atoms. The van der Waals surface area contributed by atoms with Crippen molar-refractivity contribution < 1.29 is 0 Å².